The molecule has 0 N–H and O–H groups in total. The van der Waals surface area contributed by atoms with Crippen molar-refractivity contribution in [2.75, 3.05) is 7.11 Å². The SMILES string of the molecule is COc1ccc(CCCCC(C)(C)c2ccccc2)cc1. The van der Waals surface area contributed by atoms with Crippen LogP contribution in [0.5, 0.6) is 5.75 Å². The summed E-state index contributed by atoms with van der Waals surface area (Å²) >= 11 is 0. The molecule has 2 aromatic carbocycles. The highest BCUT2D eigenvalue weighted by molar-refractivity contribution is 5.27. The third kappa shape index (κ3) is 4.63. The molecular weight excluding hydrogens is 256 g/mol. The fourth-order valence-corrected chi connectivity index (χ4v) is 2.72. The number of hydrogen-bond donors (Lipinski definition) is 0. The van der Waals surface area contributed by atoms with E-state index < -0.39 is 0 Å². The molecule has 0 spiro atoms. The maximum absolute atomic E-state index is 5.19. The first-order valence-corrected chi connectivity index (χ1v) is 7.80. The van der Waals surface area contributed by atoms with Crippen LogP contribution in [0.4, 0.5) is 0 Å². The number of aryl methyl sites for hydroxylation is 1. The second-order valence-corrected chi connectivity index (χ2v) is 6.31. The van der Waals surface area contributed by atoms with Crippen molar-refractivity contribution >= 4 is 0 Å². The van der Waals surface area contributed by atoms with E-state index in [2.05, 4.69) is 56.3 Å². The van der Waals surface area contributed by atoms with Gasteiger partial charge < -0.3 is 4.74 Å². The van der Waals surface area contributed by atoms with Crippen LogP contribution in [0.1, 0.15) is 44.2 Å². The molecular formula is C20H26O. The van der Waals surface area contributed by atoms with E-state index in [1.54, 1.807) is 7.11 Å². The summed E-state index contributed by atoms with van der Waals surface area (Å²) in [6, 6.07) is 19.3. The summed E-state index contributed by atoms with van der Waals surface area (Å²) in [5, 5.41) is 0. The van der Waals surface area contributed by atoms with E-state index in [0.717, 1.165) is 12.2 Å². The van der Waals surface area contributed by atoms with E-state index in [-0.39, 0.29) is 5.41 Å². The quantitative estimate of drug-likeness (QED) is 0.619. The minimum Gasteiger partial charge on any atom is -0.497 e. The van der Waals surface area contributed by atoms with Crippen LogP contribution < -0.4 is 4.74 Å². The summed E-state index contributed by atoms with van der Waals surface area (Å²) < 4.78 is 5.19. The van der Waals surface area contributed by atoms with Crippen LogP contribution >= 0.6 is 0 Å². The molecule has 0 bridgehead atoms. The molecule has 2 aromatic rings. The molecule has 0 unspecified atom stereocenters. The number of methoxy groups -OCH3 is 1. The van der Waals surface area contributed by atoms with Crippen molar-refractivity contribution in [1.82, 2.24) is 0 Å². The Kier molecular flexibility index (Phi) is 5.44. The Balaban J connectivity index is 1.78. The van der Waals surface area contributed by atoms with Crippen LogP contribution in [0.3, 0.4) is 0 Å². The molecule has 1 heteroatoms. The molecule has 0 aliphatic heterocycles. The zero-order valence-electron chi connectivity index (χ0n) is 13.4. The molecule has 112 valence electrons. The second-order valence-electron chi connectivity index (χ2n) is 6.31. The largest absolute Gasteiger partial charge is 0.497 e. The van der Waals surface area contributed by atoms with E-state index in [4.69, 9.17) is 4.74 Å². The summed E-state index contributed by atoms with van der Waals surface area (Å²) in [7, 11) is 1.71. The van der Waals surface area contributed by atoms with Gasteiger partial charge in [0.25, 0.3) is 0 Å². The van der Waals surface area contributed by atoms with Gasteiger partial charge in [-0.3, -0.25) is 0 Å². The van der Waals surface area contributed by atoms with Crippen molar-refractivity contribution in [3.05, 3.63) is 65.7 Å². The van der Waals surface area contributed by atoms with E-state index in [9.17, 15) is 0 Å². The van der Waals surface area contributed by atoms with Gasteiger partial charge in [0.05, 0.1) is 7.11 Å². The van der Waals surface area contributed by atoms with Crippen LogP contribution in [-0.4, -0.2) is 7.11 Å². The van der Waals surface area contributed by atoms with Crippen LogP contribution in [0.25, 0.3) is 0 Å². The minimum absolute atomic E-state index is 0.265. The van der Waals surface area contributed by atoms with Crippen molar-refractivity contribution in [3.63, 3.8) is 0 Å². The van der Waals surface area contributed by atoms with Crippen molar-refractivity contribution < 1.29 is 4.74 Å². The van der Waals surface area contributed by atoms with Crippen LogP contribution in [-0.2, 0) is 11.8 Å². The standard InChI is InChI=1S/C20H26O/c1-20(2,18-10-5-4-6-11-18)16-8-7-9-17-12-14-19(21-3)15-13-17/h4-6,10-15H,7-9,16H2,1-3H3. The molecule has 0 fully saturated rings. The summed E-state index contributed by atoms with van der Waals surface area (Å²) in [6.45, 7) is 4.69. The molecule has 0 atom stereocenters. The van der Waals surface area contributed by atoms with E-state index in [1.165, 1.54) is 30.4 Å². The molecule has 0 aliphatic carbocycles. The topological polar surface area (TPSA) is 9.23 Å². The maximum atomic E-state index is 5.19. The number of hydrogen-bond acceptors (Lipinski definition) is 1. The normalized spacial score (nSPS) is 11.4. The third-order valence-electron chi connectivity index (χ3n) is 4.23. The lowest BCUT2D eigenvalue weighted by atomic mass is 9.80. The number of rotatable bonds is 7. The Hall–Kier alpha value is -1.76. The van der Waals surface area contributed by atoms with Gasteiger partial charge in [0, 0.05) is 0 Å². The summed E-state index contributed by atoms with van der Waals surface area (Å²) in [6.07, 6.45) is 4.87. The molecule has 0 aliphatic rings. The highest BCUT2D eigenvalue weighted by atomic mass is 16.5. The molecule has 0 saturated heterocycles. The fourth-order valence-electron chi connectivity index (χ4n) is 2.72. The molecule has 2 rings (SSSR count). The van der Waals surface area contributed by atoms with Gasteiger partial charge in [-0.25, -0.2) is 0 Å². The average molecular weight is 282 g/mol. The van der Waals surface area contributed by atoms with Gasteiger partial charge in [-0.2, -0.15) is 0 Å². The summed E-state index contributed by atoms with van der Waals surface area (Å²) in [4.78, 5) is 0. The van der Waals surface area contributed by atoms with Crippen LogP contribution in [0.2, 0.25) is 0 Å². The Morgan fingerprint density at radius 2 is 1.52 bits per heavy atom. The smallest absolute Gasteiger partial charge is 0.118 e. The van der Waals surface area contributed by atoms with Crippen LogP contribution in [0, 0.1) is 0 Å². The number of benzene rings is 2. The zero-order chi connectivity index (χ0) is 15.1. The lowest BCUT2D eigenvalue weighted by Gasteiger charge is -2.25. The van der Waals surface area contributed by atoms with Crippen molar-refractivity contribution in [2.24, 2.45) is 0 Å². The zero-order valence-corrected chi connectivity index (χ0v) is 13.4. The highest BCUT2D eigenvalue weighted by Crippen LogP contribution is 2.29. The van der Waals surface area contributed by atoms with Gasteiger partial charge in [-0.1, -0.05) is 62.7 Å². The van der Waals surface area contributed by atoms with Gasteiger partial charge in [-0.15, -0.1) is 0 Å². The second kappa shape index (κ2) is 7.31. The summed E-state index contributed by atoms with van der Waals surface area (Å²) in [5.41, 5.74) is 3.10. The van der Waals surface area contributed by atoms with E-state index in [1.807, 2.05) is 12.1 Å². The number of unbranched alkanes of at least 4 members (excludes halogenated alkanes) is 1. The van der Waals surface area contributed by atoms with Crippen LogP contribution in [0.15, 0.2) is 54.6 Å². The predicted molar refractivity (Wildman–Crippen MR) is 90.0 cm³/mol. The molecule has 0 radical (unpaired) electrons. The first-order valence-electron chi connectivity index (χ1n) is 7.80. The molecule has 0 amide bonds. The molecule has 0 heterocycles. The van der Waals surface area contributed by atoms with Gasteiger partial charge in [0.1, 0.15) is 5.75 Å². The fraction of sp³-hybridized carbons (Fsp3) is 0.400. The predicted octanol–water partition coefficient (Wildman–Crippen LogP) is 5.39. The summed E-state index contributed by atoms with van der Waals surface area (Å²) in [5.74, 6) is 0.934. The first kappa shape index (κ1) is 15.6. The van der Waals surface area contributed by atoms with E-state index >= 15 is 0 Å². The Morgan fingerprint density at radius 1 is 0.857 bits per heavy atom. The van der Waals surface area contributed by atoms with Crippen molar-refractivity contribution in [3.8, 4) is 5.75 Å². The van der Waals surface area contributed by atoms with Crippen molar-refractivity contribution in [1.29, 1.82) is 0 Å². The lowest BCUT2D eigenvalue weighted by Crippen LogP contribution is -2.16. The third-order valence-corrected chi connectivity index (χ3v) is 4.23. The van der Waals surface area contributed by atoms with Gasteiger partial charge in [0.15, 0.2) is 0 Å². The van der Waals surface area contributed by atoms with Gasteiger partial charge in [0.2, 0.25) is 0 Å². The first-order chi connectivity index (χ1) is 10.1. The van der Waals surface area contributed by atoms with Gasteiger partial charge in [-0.05, 0) is 47.9 Å². The highest BCUT2D eigenvalue weighted by Gasteiger charge is 2.19. The Morgan fingerprint density at radius 3 is 2.14 bits per heavy atom. The monoisotopic (exact) mass is 282 g/mol. The Labute approximate surface area is 129 Å². The molecule has 0 aromatic heterocycles. The molecule has 0 saturated carbocycles. The maximum Gasteiger partial charge on any atom is 0.118 e. The van der Waals surface area contributed by atoms with Crippen molar-refractivity contribution in [2.45, 2.75) is 44.9 Å². The lowest BCUT2D eigenvalue weighted by molar-refractivity contribution is 0.414. The minimum atomic E-state index is 0.265. The van der Waals surface area contributed by atoms with Gasteiger partial charge >= 0.3 is 0 Å². The molecule has 21 heavy (non-hydrogen) atoms. The Bertz CT molecular complexity index is 526. The van der Waals surface area contributed by atoms with E-state index in [0.29, 0.717) is 0 Å². The molecule has 1 nitrogen and oxygen atoms in total. The number of ether oxygens (including phenoxy) is 1. The average Bonchev–Trinajstić information content (AvgIpc) is 2.53.